The minimum atomic E-state index is -3.93. The van der Waals surface area contributed by atoms with Crippen molar-refractivity contribution >= 4 is 45.1 Å². The second-order valence-electron chi connectivity index (χ2n) is 7.60. The van der Waals surface area contributed by atoms with Crippen molar-refractivity contribution in [1.29, 1.82) is 0 Å². The van der Waals surface area contributed by atoms with Gasteiger partial charge in [0.25, 0.3) is 21.8 Å². The first-order chi connectivity index (χ1) is 16.1. The normalized spacial score (nSPS) is 14.0. The quantitative estimate of drug-likeness (QED) is 0.480. The SMILES string of the molecule is Cc1cc(C)nc(NS(=O)(=O)c2ccc(NC3=C(Cl)C(=O)N(Cc4ccccc4)C3=O)cc2)n1. The van der Waals surface area contributed by atoms with Gasteiger partial charge < -0.3 is 5.32 Å². The summed E-state index contributed by atoms with van der Waals surface area (Å²) in [5.41, 5.74) is 2.36. The number of nitrogens with zero attached hydrogens (tertiary/aromatic N) is 3. The number of aromatic nitrogens is 2. The van der Waals surface area contributed by atoms with Crippen molar-refractivity contribution in [3.63, 3.8) is 0 Å². The van der Waals surface area contributed by atoms with Gasteiger partial charge in [-0.2, -0.15) is 0 Å². The summed E-state index contributed by atoms with van der Waals surface area (Å²) in [6.45, 7) is 3.56. The van der Waals surface area contributed by atoms with Crippen LogP contribution in [0.4, 0.5) is 11.6 Å². The molecular formula is C23H20ClN5O4S. The number of benzene rings is 2. The van der Waals surface area contributed by atoms with E-state index < -0.39 is 21.8 Å². The largest absolute Gasteiger partial charge is 0.350 e. The lowest BCUT2D eigenvalue weighted by molar-refractivity contribution is -0.138. The summed E-state index contributed by atoms with van der Waals surface area (Å²) in [6.07, 6.45) is 0. The van der Waals surface area contributed by atoms with Gasteiger partial charge in [-0.25, -0.2) is 23.1 Å². The van der Waals surface area contributed by atoms with Crippen LogP contribution < -0.4 is 10.0 Å². The second-order valence-corrected chi connectivity index (χ2v) is 9.66. The number of hydrogen-bond donors (Lipinski definition) is 2. The second kappa shape index (κ2) is 9.24. The van der Waals surface area contributed by atoms with E-state index in [0.29, 0.717) is 17.1 Å². The van der Waals surface area contributed by atoms with E-state index in [1.54, 1.807) is 32.0 Å². The molecule has 1 aromatic heterocycles. The fraction of sp³-hybridized carbons (Fsp3) is 0.130. The molecule has 3 aromatic rings. The van der Waals surface area contributed by atoms with Gasteiger partial charge in [-0.05, 0) is 49.7 Å². The molecular weight excluding hydrogens is 478 g/mol. The molecule has 0 fully saturated rings. The maximum absolute atomic E-state index is 12.8. The van der Waals surface area contributed by atoms with Gasteiger partial charge in [0.15, 0.2) is 0 Å². The number of halogens is 1. The topological polar surface area (TPSA) is 121 Å². The van der Waals surface area contributed by atoms with Crippen molar-refractivity contribution in [2.24, 2.45) is 0 Å². The zero-order chi connectivity index (χ0) is 24.5. The zero-order valence-corrected chi connectivity index (χ0v) is 19.8. The van der Waals surface area contributed by atoms with Gasteiger partial charge in [-0.1, -0.05) is 41.9 Å². The Morgan fingerprint density at radius 2 is 1.53 bits per heavy atom. The van der Waals surface area contributed by atoms with E-state index in [0.717, 1.165) is 10.5 Å². The molecule has 0 saturated heterocycles. The smallest absolute Gasteiger partial charge is 0.279 e. The van der Waals surface area contributed by atoms with Crippen LogP contribution in [0.3, 0.4) is 0 Å². The first-order valence-corrected chi connectivity index (χ1v) is 12.0. The summed E-state index contributed by atoms with van der Waals surface area (Å²) in [7, 11) is -3.93. The molecule has 0 aliphatic carbocycles. The van der Waals surface area contributed by atoms with E-state index in [2.05, 4.69) is 20.0 Å². The van der Waals surface area contributed by atoms with Gasteiger partial charge in [-0.15, -0.1) is 0 Å². The average Bonchev–Trinajstić information content (AvgIpc) is 2.97. The monoisotopic (exact) mass is 497 g/mol. The summed E-state index contributed by atoms with van der Waals surface area (Å²) in [5, 5.41) is 2.60. The lowest BCUT2D eigenvalue weighted by Gasteiger charge is -2.15. The van der Waals surface area contributed by atoms with Crippen LogP contribution >= 0.6 is 11.6 Å². The van der Waals surface area contributed by atoms with Crippen LogP contribution in [0.1, 0.15) is 17.0 Å². The van der Waals surface area contributed by atoms with Crippen LogP contribution in [0.15, 0.2) is 76.3 Å². The maximum Gasteiger partial charge on any atom is 0.279 e. The number of nitrogens with one attached hydrogen (secondary N) is 2. The third kappa shape index (κ3) is 4.92. The van der Waals surface area contributed by atoms with Gasteiger partial charge in [-0.3, -0.25) is 14.5 Å². The highest BCUT2D eigenvalue weighted by molar-refractivity contribution is 7.92. The molecule has 0 saturated carbocycles. The number of carbonyl (C=O) groups is 2. The summed E-state index contributed by atoms with van der Waals surface area (Å²) in [4.78, 5) is 34.5. The Hall–Kier alpha value is -3.76. The van der Waals surface area contributed by atoms with Crippen molar-refractivity contribution < 1.29 is 18.0 Å². The Morgan fingerprint density at radius 1 is 0.912 bits per heavy atom. The third-order valence-electron chi connectivity index (χ3n) is 4.94. The van der Waals surface area contributed by atoms with Crippen LogP contribution in [0.2, 0.25) is 0 Å². The molecule has 0 radical (unpaired) electrons. The van der Waals surface area contributed by atoms with Crippen LogP contribution in [0.5, 0.6) is 0 Å². The van der Waals surface area contributed by atoms with Gasteiger partial charge in [0, 0.05) is 17.1 Å². The van der Waals surface area contributed by atoms with Crippen molar-refractivity contribution in [2.45, 2.75) is 25.3 Å². The van der Waals surface area contributed by atoms with E-state index in [1.807, 2.05) is 18.2 Å². The molecule has 2 aromatic carbocycles. The van der Waals surface area contributed by atoms with Crippen LogP contribution in [0, 0.1) is 13.8 Å². The van der Waals surface area contributed by atoms with Gasteiger partial charge >= 0.3 is 0 Å². The number of rotatable bonds is 7. The molecule has 34 heavy (non-hydrogen) atoms. The predicted octanol–water partition coefficient (Wildman–Crippen LogP) is 3.33. The number of sulfonamides is 1. The van der Waals surface area contributed by atoms with Crippen molar-refractivity contribution in [1.82, 2.24) is 14.9 Å². The maximum atomic E-state index is 12.8. The number of aryl methyl sites for hydroxylation is 2. The Kier molecular flexibility index (Phi) is 6.36. The van der Waals surface area contributed by atoms with E-state index >= 15 is 0 Å². The van der Waals surface area contributed by atoms with Crippen LogP contribution in [-0.2, 0) is 26.2 Å². The van der Waals surface area contributed by atoms with Crippen molar-refractivity contribution in [3.05, 3.63) is 88.3 Å². The van der Waals surface area contributed by atoms with Crippen molar-refractivity contribution in [2.75, 3.05) is 10.0 Å². The number of anilines is 2. The molecule has 174 valence electrons. The summed E-state index contributed by atoms with van der Waals surface area (Å²) in [5.74, 6) is -1.19. The fourth-order valence-electron chi connectivity index (χ4n) is 3.38. The molecule has 0 atom stereocenters. The molecule has 9 nitrogen and oxygen atoms in total. The molecule has 0 bridgehead atoms. The Morgan fingerprint density at radius 3 is 2.15 bits per heavy atom. The Labute approximate surface area is 201 Å². The number of hydrogen-bond acceptors (Lipinski definition) is 7. The van der Waals surface area contributed by atoms with E-state index in [-0.39, 0.29) is 28.1 Å². The van der Waals surface area contributed by atoms with Crippen molar-refractivity contribution in [3.8, 4) is 0 Å². The molecule has 2 N–H and O–H groups in total. The molecule has 0 unspecified atom stereocenters. The molecule has 2 heterocycles. The number of carbonyl (C=O) groups excluding carboxylic acids is 2. The minimum absolute atomic E-state index is 0.0230. The number of imide groups is 1. The summed E-state index contributed by atoms with van der Waals surface area (Å²) >= 11 is 6.14. The van der Waals surface area contributed by atoms with Crippen LogP contribution in [-0.4, -0.2) is 35.1 Å². The fourth-order valence-corrected chi connectivity index (χ4v) is 4.55. The van der Waals surface area contributed by atoms with Gasteiger partial charge in [0.2, 0.25) is 5.95 Å². The molecule has 0 spiro atoms. The highest BCUT2D eigenvalue weighted by Crippen LogP contribution is 2.27. The lowest BCUT2D eigenvalue weighted by atomic mass is 10.2. The highest BCUT2D eigenvalue weighted by atomic mass is 35.5. The summed E-state index contributed by atoms with van der Waals surface area (Å²) in [6, 6.07) is 16.4. The third-order valence-corrected chi connectivity index (χ3v) is 6.63. The minimum Gasteiger partial charge on any atom is -0.350 e. The molecule has 11 heteroatoms. The lowest BCUT2D eigenvalue weighted by Crippen LogP contribution is -2.31. The van der Waals surface area contributed by atoms with Gasteiger partial charge in [0.1, 0.15) is 10.7 Å². The zero-order valence-electron chi connectivity index (χ0n) is 18.2. The standard InChI is InChI=1S/C23H20ClN5O4S/c1-14-12-15(2)26-23(25-14)28-34(32,33)18-10-8-17(9-11-18)27-20-19(24)21(30)29(22(20)31)13-16-6-4-3-5-7-16/h3-12,27H,13H2,1-2H3,(H,25,26,28). The van der Waals surface area contributed by atoms with E-state index in [9.17, 15) is 18.0 Å². The van der Waals surface area contributed by atoms with E-state index in [1.165, 1.54) is 24.3 Å². The first kappa shape index (κ1) is 23.4. The summed E-state index contributed by atoms with van der Waals surface area (Å²) < 4.78 is 27.7. The van der Waals surface area contributed by atoms with E-state index in [4.69, 9.17) is 11.6 Å². The first-order valence-electron chi connectivity index (χ1n) is 10.2. The predicted molar refractivity (Wildman–Crippen MR) is 127 cm³/mol. The number of amides is 2. The molecule has 4 rings (SSSR count). The molecule has 2 amide bonds. The van der Waals surface area contributed by atoms with Crippen LogP contribution in [0.25, 0.3) is 0 Å². The highest BCUT2D eigenvalue weighted by Gasteiger charge is 2.37. The molecule has 1 aliphatic heterocycles. The molecule has 1 aliphatic rings. The Bertz CT molecular complexity index is 1390. The van der Waals surface area contributed by atoms with Gasteiger partial charge in [0.05, 0.1) is 11.4 Å². The average molecular weight is 498 g/mol. The Balaban J connectivity index is 1.49.